The van der Waals surface area contributed by atoms with Crippen LogP contribution in [0.2, 0.25) is 5.02 Å². The first-order valence-corrected chi connectivity index (χ1v) is 9.35. The smallest absolute Gasteiger partial charge is 0.268 e. The van der Waals surface area contributed by atoms with E-state index in [0.29, 0.717) is 17.6 Å². The Labute approximate surface area is 166 Å². The Morgan fingerprint density at radius 1 is 1.08 bits per heavy atom. The van der Waals surface area contributed by atoms with Crippen LogP contribution in [-0.4, -0.2) is 9.83 Å². The number of halogens is 4. The predicted octanol–water partition coefficient (Wildman–Crippen LogP) is 6.99. The van der Waals surface area contributed by atoms with Gasteiger partial charge in [-0.3, -0.25) is 4.79 Å². The van der Waals surface area contributed by atoms with Gasteiger partial charge in [-0.1, -0.05) is 79.8 Å². The molecule has 0 bridgehead atoms. The van der Waals surface area contributed by atoms with Gasteiger partial charge in [0.25, 0.3) is 5.91 Å². The molecule has 25 heavy (non-hydrogen) atoms. The van der Waals surface area contributed by atoms with Crippen molar-refractivity contribution in [2.45, 2.75) is 30.1 Å². The maximum Gasteiger partial charge on any atom is 0.324 e. The van der Waals surface area contributed by atoms with Crippen LogP contribution in [-0.2, 0) is 5.41 Å². The van der Waals surface area contributed by atoms with E-state index in [0.717, 1.165) is 9.87 Å². The van der Waals surface area contributed by atoms with Gasteiger partial charge in [0, 0.05) is 11.9 Å². The lowest BCUT2D eigenvalue weighted by Gasteiger charge is -2.26. The van der Waals surface area contributed by atoms with E-state index in [2.05, 4.69) is 0 Å². The van der Waals surface area contributed by atoms with Crippen LogP contribution in [0, 0.1) is 0 Å². The Kier molecular flexibility index (Phi) is 6.31. The molecule has 134 valence electrons. The highest BCUT2D eigenvalue weighted by Gasteiger charge is 2.33. The highest BCUT2D eigenvalue weighted by molar-refractivity contribution is 8.05. The van der Waals surface area contributed by atoms with Crippen molar-refractivity contribution in [3.05, 3.63) is 64.7 Å². The van der Waals surface area contributed by atoms with Gasteiger partial charge in [0.2, 0.25) is 0 Å². The van der Waals surface area contributed by atoms with Crippen LogP contribution in [0.4, 0.5) is 10.1 Å². The summed E-state index contributed by atoms with van der Waals surface area (Å²) < 4.78 is 12.4. The molecule has 2 rings (SSSR count). The van der Waals surface area contributed by atoms with Gasteiger partial charge in [-0.25, -0.2) is 4.31 Å². The first-order chi connectivity index (χ1) is 11.5. The molecule has 0 N–H and O–H groups in total. The first kappa shape index (κ1) is 20.4. The zero-order valence-electron chi connectivity index (χ0n) is 13.9. The van der Waals surface area contributed by atoms with E-state index in [1.54, 1.807) is 42.5 Å². The van der Waals surface area contributed by atoms with Crippen molar-refractivity contribution in [3.8, 4) is 0 Å². The SMILES string of the molecule is CC(C)(C)c1cccc(N(SC(F)(Cl)Cl)C(=O)c2ccccc2Cl)c1. The van der Waals surface area contributed by atoms with Crippen molar-refractivity contribution in [1.82, 2.24) is 0 Å². The summed E-state index contributed by atoms with van der Waals surface area (Å²) in [6, 6.07) is 13.8. The second-order valence-electron chi connectivity index (χ2n) is 6.42. The molecule has 0 aliphatic carbocycles. The summed E-state index contributed by atoms with van der Waals surface area (Å²) in [5.41, 5.74) is 1.53. The van der Waals surface area contributed by atoms with Gasteiger partial charge in [-0.2, -0.15) is 4.39 Å². The third-order valence-electron chi connectivity index (χ3n) is 3.43. The minimum absolute atomic E-state index is 0.144. The molecule has 0 spiro atoms. The van der Waals surface area contributed by atoms with Crippen molar-refractivity contribution in [1.29, 1.82) is 0 Å². The molecule has 0 saturated heterocycles. The maximum absolute atomic E-state index is 13.9. The first-order valence-electron chi connectivity index (χ1n) is 7.44. The summed E-state index contributed by atoms with van der Waals surface area (Å²) in [6.07, 6.45) is 0. The van der Waals surface area contributed by atoms with Crippen LogP contribution in [0.25, 0.3) is 0 Å². The molecule has 0 atom stereocenters. The van der Waals surface area contributed by atoms with E-state index in [4.69, 9.17) is 34.8 Å². The Hall–Kier alpha value is -0.940. The Balaban J connectivity index is 2.51. The van der Waals surface area contributed by atoms with Crippen LogP contribution in [0.3, 0.4) is 0 Å². The summed E-state index contributed by atoms with van der Waals surface area (Å²) in [5, 5.41) is 0.263. The van der Waals surface area contributed by atoms with E-state index in [1.165, 1.54) is 0 Å². The van der Waals surface area contributed by atoms with Crippen molar-refractivity contribution >= 4 is 58.3 Å². The van der Waals surface area contributed by atoms with E-state index in [9.17, 15) is 9.18 Å². The summed E-state index contributed by atoms with van der Waals surface area (Å²) in [4.78, 5) is 12.9. The van der Waals surface area contributed by atoms with Gasteiger partial charge in [0.1, 0.15) is 0 Å². The minimum Gasteiger partial charge on any atom is -0.268 e. The van der Waals surface area contributed by atoms with E-state index >= 15 is 0 Å². The Morgan fingerprint density at radius 3 is 2.28 bits per heavy atom. The number of amides is 1. The zero-order chi connectivity index (χ0) is 18.8. The van der Waals surface area contributed by atoms with Crippen molar-refractivity contribution in [2.24, 2.45) is 0 Å². The van der Waals surface area contributed by atoms with Crippen LogP contribution < -0.4 is 4.31 Å². The van der Waals surface area contributed by atoms with Gasteiger partial charge < -0.3 is 0 Å². The normalized spacial score (nSPS) is 12.1. The van der Waals surface area contributed by atoms with Crippen LogP contribution >= 0.6 is 46.8 Å². The van der Waals surface area contributed by atoms with Gasteiger partial charge >= 0.3 is 3.92 Å². The Bertz CT molecular complexity index is 771. The van der Waals surface area contributed by atoms with E-state index < -0.39 is 9.83 Å². The summed E-state index contributed by atoms with van der Waals surface area (Å²) >= 11 is 17.5. The number of hydrogen-bond acceptors (Lipinski definition) is 2. The summed E-state index contributed by atoms with van der Waals surface area (Å²) in [6.45, 7) is 6.13. The number of carbonyl (C=O) groups excluding carboxylic acids is 1. The fraction of sp³-hybridized carbons (Fsp3) is 0.278. The van der Waals surface area contributed by atoms with Crippen LogP contribution in [0.15, 0.2) is 48.5 Å². The van der Waals surface area contributed by atoms with Crippen molar-refractivity contribution in [2.75, 3.05) is 4.31 Å². The lowest BCUT2D eigenvalue weighted by molar-refractivity contribution is 0.101. The standard InChI is InChI=1S/C18H17Cl3FNOS/c1-17(2,3)12-7-6-8-13(11-12)23(25-18(20,21)22)16(24)14-9-4-5-10-15(14)19/h4-11H,1-3H3. The zero-order valence-corrected chi connectivity index (χ0v) is 17.0. The molecule has 7 heteroatoms. The second kappa shape index (κ2) is 7.75. The van der Waals surface area contributed by atoms with Crippen LogP contribution in [0.1, 0.15) is 36.7 Å². The largest absolute Gasteiger partial charge is 0.324 e. The number of carbonyl (C=O) groups is 1. The monoisotopic (exact) mass is 419 g/mol. The average molecular weight is 421 g/mol. The molecule has 0 radical (unpaired) electrons. The number of alkyl halides is 3. The number of anilines is 1. The Morgan fingerprint density at radius 2 is 1.72 bits per heavy atom. The topological polar surface area (TPSA) is 20.3 Å². The number of rotatable bonds is 4. The summed E-state index contributed by atoms with van der Waals surface area (Å²) in [5.74, 6) is -0.509. The van der Waals surface area contributed by atoms with Crippen molar-refractivity contribution < 1.29 is 9.18 Å². The second-order valence-corrected chi connectivity index (χ2v) is 9.62. The van der Waals surface area contributed by atoms with E-state index in [1.807, 2.05) is 26.8 Å². The highest BCUT2D eigenvalue weighted by Crippen LogP contribution is 2.42. The predicted molar refractivity (Wildman–Crippen MR) is 107 cm³/mol. The molecule has 2 aromatic rings. The molecule has 0 fully saturated rings. The molecule has 0 aliphatic rings. The number of benzene rings is 2. The molecule has 0 unspecified atom stereocenters. The maximum atomic E-state index is 13.9. The van der Waals surface area contributed by atoms with Gasteiger partial charge in [0.15, 0.2) is 0 Å². The lowest BCUT2D eigenvalue weighted by atomic mass is 9.87. The molecular formula is C18H17Cl3FNOS. The third kappa shape index (κ3) is 5.52. The third-order valence-corrected chi connectivity index (χ3v) is 4.94. The number of hydrogen-bond donors (Lipinski definition) is 0. The molecule has 1 amide bonds. The quantitative estimate of drug-likeness (QED) is 0.392. The molecule has 0 aromatic heterocycles. The molecule has 0 heterocycles. The molecular weight excluding hydrogens is 404 g/mol. The fourth-order valence-corrected chi connectivity index (χ4v) is 3.40. The molecule has 0 aliphatic heterocycles. The molecule has 2 nitrogen and oxygen atoms in total. The number of nitrogens with zero attached hydrogens (tertiary/aromatic N) is 1. The fourth-order valence-electron chi connectivity index (χ4n) is 2.16. The summed E-state index contributed by atoms with van der Waals surface area (Å²) in [7, 11) is 0. The molecule has 0 saturated carbocycles. The lowest BCUT2D eigenvalue weighted by Crippen LogP contribution is -2.28. The minimum atomic E-state index is -2.67. The van der Waals surface area contributed by atoms with Gasteiger partial charge in [0.05, 0.1) is 16.3 Å². The molecule has 2 aromatic carbocycles. The highest BCUT2D eigenvalue weighted by atomic mass is 35.5. The van der Waals surface area contributed by atoms with E-state index in [-0.39, 0.29) is 16.0 Å². The van der Waals surface area contributed by atoms with Gasteiger partial charge in [-0.15, -0.1) is 0 Å². The van der Waals surface area contributed by atoms with Gasteiger partial charge in [-0.05, 0) is 35.2 Å². The van der Waals surface area contributed by atoms with Crippen LogP contribution in [0.5, 0.6) is 0 Å². The van der Waals surface area contributed by atoms with Crippen molar-refractivity contribution in [3.63, 3.8) is 0 Å². The average Bonchev–Trinajstić information content (AvgIpc) is 2.51.